The van der Waals surface area contributed by atoms with E-state index in [4.69, 9.17) is 4.74 Å². The Morgan fingerprint density at radius 2 is 1.91 bits per heavy atom. The van der Waals surface area contributed by atoms with Gasteiger partial charge < -0.3 is 20.3 Å². The first-order chi connectivity index (χ1) is 16.0. The second-order valence-corrected chi connectivity index (χ2v) is 8.53. The Labute approximate surface area is 194 Å². The molecule has 2 aromatic carbocycles. The maximum atomic E-state index is 12.8. The predicted molar refractivity (Wildman–Crippen MR) is 129 cm³/mol. The quantitative estimate of drug-likeness (QED) is 0.652. The van der Waals surface area contributed by atoms with Crippen LogP contribution in [0.1, 0.15) is 52.5 Å². The molecule has 0 radical (unpaired) electrons. The molecule has 2 aliphatic heterocycles. The third-order valence-corrected chi connectivity index (χ3v) is 5.75. The maximum Gasteiger partial charge on any atom is 0.257 e. The number of aliphatic imine (C=N–C) groups is 1. The number of carbonyl (C=O) groups is 2. The Balaban J connectivity index is 1.51. The van der Waals surface area contributed by atoms with Crippen molar-refractivity contribution in [2.75, 3.05) is 44.7 Å². The Bertz CT molecular complexity index is 1040. The van der Waals surface area contributed by atoms with Crippen LogP contribution in [0.4, 0.5) is 11.4 Å². The van der Waals surface area contributed by atoms with Crippen molar-refractivity contribution in [3.63, 3.8) is 0 Å². The van der Waals surface area contributed by atoms with Gasteiger partial charge in [-0.3, -0.25) is 19.9 Å². The Morgan fingerprint density at radius 1 is 1.09 bits per heavy atom. The summed E-state index contributed by atoms with van der Waals surface area (Å²) in [6.07, 6.45) is 0.969. The van der Waals surface area contributed by atoms with Gasteiger partial charge >= 0.3 is 0 Å². The number of ether oxygens (including phenoxy) is 1. The van der Waals surface area contributed by atoms with E-state index in [1.807, 2.05) is 41.3 Å². The number of nitrogens with zero attached hydrogens (tertiary/aromatic N) is 2. The first kappa shape index (κ1) is 22.8. The van der Waals surface area contributed by atoms with Crippen LogP contribution < -0.4 is 16.0 Å². The third kappa shape index (κ3) is 5.70. The minimum atomic E-state index is -0.185. The highest BCUT2D eigenvalue weighted by molar-refractivity contribution is 6.06. The van der Waals surface area contributed by atoms with Crippen molar-refractivity contribution in [2.24, 2.45) is 4.99 Å². The lowest BCUT2D eigenvalue weighted by atomic mass is 9.98. The van der Waals surface area contributed by atoms with Gasteiger partial charge in [-0.05, 0) is 54.3 Å². The van der Waals surface area contributed by atoms with Crippen molar-refractivity contribution in [2.45, 2.75) is 26.2 Å². The summed E-state index contributed by atoms with van der Waals surface area (Å²) in [5.74, 6) is 0.553. The molecular formula is C25H31N5O3. The molecule has 2 amide bonds. The molecule has 4 rings (SSSR count). The van der Waals surface area contributed by atoms with E-state index in [0.717, 1.165) is 36.4 Å². The summed E-state index contributed by atoms with van der Waals surface area (Å²) in [6.45, 7) is 8.08. The van der Waals surface area contributed by atoms with E-state index in [1.54, 1.807) is 6.07 Å². The number of nitrogens with one attached hydrogen (secondary N) is 3. The number of rotatable bonds is 5. The van der Waals surface area contributed by atoms with Crippen LogP contribution in [0.25, 0.3) is 0 Å². The minimum absolute atomic E-state index is 0.0114. The SMILES string of the molecule is CC(C)c1cc(C(=O)NC2=NCCCN2)ccc1Nc1cccc(C(=O)N2CCOCC2)c1. The van der Waals surface area contributed by atoms with Gasteiger partial charge in [0.15, 0.2) is 5.96 Å². The van der Waals surface area contributed by atoms with Crippen LogP contribution >= 0.6 is 0 Å². The number of hydrogen-bond donors (Lipinski definition) is 3. The number of guanidine groups is 1. The summed E-state index contributed by atoms with van der Waals surface area (Å²) in [4.78, 5) is 31.7. The fourth-order valence-corrected chi connectivity index (χ4v) is 3.93. The molecule has 33 heavy (non-hydrogen) atoms. The monoisotopic (exact) mass is 449 g/mol. The smallest absolute Gasteiger partial charge is 0.257 e. The average Bonchev–Trinajstić information content (AvgIpc) is 2.85. The molecule has 8 nitrogen and oxygen atoms in total. The zero-order chi connectivity index (χ0) is 23.2. The lowest BCUT2D eigenvalue weighted by molar-refractivity contribution is 0.0303. The summed E-state index contributed by atoms with van der Waals surface area (Å²) in [6, 6.07) is 13.1. The number of carbonyl (C=O) groups excluding carboxylic acids is 2. The highest BCUT2D eigenvalue weighted by atomic mass is 16.5. The van der Waals surface area contributed by atoms with E-state index in [2.05, 4.69) is 34.8 Å². The molecule has 8 heteroatoms. The molecule has 2 aliphatic rings. The van der Waals surface area contributed by atoms with Crippen LogP contribution in [-0.2, 0) is 4.74 Å². The normalized spacial score (nSPS) is 16.1. The van der Waals surface area contributed by atoms with Gasteiger partial charge in [-0.25, -0.2) is 0 Å². The molecule has 0 spiro atoms. The molecule has 0 atom stereocenters. The fourth-order valence-electron chi connectivity index (χ4n) is 3.93. The van der Waals surface area contributed by atoms with Crippen molar-refractivity contribution in [3.05, 3.63) is 59.2 Å². The van der Waals surface area contributed by atoms with Crippen LogP contribution in [-0.4, -0.2) is 62.1 Å². The van der Waals surface area contributed by atoms with E-state index in [-0.39, 0.29) is 17.7 Å². The first-order valence-electron chi connectivity index (χ1n) is 11.5. The molecule has 174 valence electrons. The maximum absolute atomic E-state index is 12.8. The van der Waals surface area contributed by atoms with Crippen molar-refractivity contribution in [1.29, 1.82) is 0 Å². The number of benzene rings is 2. The number of anilines is 2. The zero-order valence-electron chi connectivity index (χ0n) is 19.2. The minimum Gasteiger partial charge on any atom is -0.378 e. The van der Waals surface area contributed by atoms with Gasteiger partial charge in [0.25, 0.3) is 11.8 Å². The second-order valence-electron chi connectivity index (χ2n) is 8.53. The van der Waals surface area contributed by atoms with Crippen LogP contribution in [0, 0.1) is 0 Å². The van der Waals surface area contributed by atoms with Gasteiger partial charge in [0.1, 0.15) is 0 Å². The Morgan fingerprint density at radius 3 is 2.64 bits per heavy atom. The standard InChI is InChI=1S/C25H31N5O3/c1-17(2)21-16-18(23(31)29-25-26-9-4-10-27-25)7-8-22(21)28-20-6-3-5-19(15-20)24(32)30-11-13-33-14-12-30/h3,5-8,15-17,28H,4,9-14H2,1-2H3,(H2,26,27,29,31). The van der Waals surface area contributed by atoms with E-state index < -0.39 is 0 Å². The zero-order valence-corrected chi connectivity index (χ0v) is 19.2. The van der Waals surface area contributed by atoms with E-state index >= 15 is 0 Å². The fraction of sp³-hybridized carbons (Fsp3) is 0.400. The topological polar surface area (TPSA) is 95.1 Å². The Kier molecular flexibility index (Phi) is 7.24. The van der Waals surface area contributed by atoms with Crippen LogP contribution in [0.5, 0.6) is 0 Å². The van der Waals surface area contributed by atoms with Crippen LogP contribution in [0.3, 0.4) is 0 Å². The van der Waals surface area contributed by atoms with Crippen molar-refractivity contribution in [1.82, 2.24) is 15.5 Å². The summed E-state index contributed by atoms with van der Waals surface area (Å²) in [5, 5.41) is 9.39. The summed E-state index contributed by atoms with van der Waals surface area (Å²) in [7, 11) is 0. The number of morpholine rings is 1. The van der Waals surface area contributed by atoms with E-state index in [1.165, 1.54) is 0 Å². The molecule has 0 aliphatic carbocycles. The molecule has 0 bridgehead atoms. The number of hydrogen-bond acceptors (Lipinski definition) is 6. The molecular weight excluding hydrogens is 418 g/mol. The van der Waals surface area contributed by atoms with Crippen molar-refractivity contribution < 1.29 is 14.3 Å². The lowest BCUT2D eigenvalue weighted by Crippen LogP contribution is -2.43. The summed E-state index contributed by atoms with van der Waals surface area (Å²) in [5.41, 5.74) is 3.98. The van der Waals surface area contributed by atoms with Gasteiger partial charge in [0.05, 0.1) is 13.2 Å². The van der Waals surface area contributed by atoms with Crippen molar-refractivity contribution in [3.8, 4) is 0 Å². The van der Waals surface area contributed by atoms with Gasteiger partial charge in [0.2, 0.25) is 0 Å². The molecule has 3 N–H and O–H groups in total. The number of amides is 2. The summed E-state index contributed by atoms with van der Waals surface area (Å²) >= 11 is 0. The molecule has 0 aromatic heterocycles. The molecule has 2 heterocycles. The second kappa shape index (κ2) is 10.5. The first-order valence-corrected chi connectivity index (χ1v) is 11.5. The van der Waals surface area contributed by atoms with Gasteiger partial charge in [-0.2, -0.15) is 0 Å². The highest BCUT2D eigenvalue weighted by Gasteiger charge is 2.19. The summed E-state index contributed by atoms with van der Waals surface area (Å²) < 4.78 is 5.35. The van der Waals surface area contributed by atoms with Gasteiger partial charge in [-0.15, -0.1) is 0 Å². The largest absolute Gasteiger partial charge is 0.378 e. The highest BCUT2D eigenvalue weighted by Crippen LogP contribution is 2.29. The molecule has 2 aromatic rings. The average molecular weight is 450 g/mol. The lowest BCUT2D eigenvalue weighted by Gasteiger charge is -2.27. The molecule has 1 saturated heterocycles. The van der Waals surface area contributed by atoms with Crippen LogP contribution in [0.2, 0.25) is 0 Å². The van der Waals surface area contributed by atoms with Gasteiger partial charge in [0, 0.05) is 48.7 Å². The Hall–Kier alpha value is -3.39. The predicted octanol–water partition coefficient (Wildman–Crippen LogP) is 3.11. The van der Waals surface area contributed by atoms with E-state index in [9.17, 15) is 9.59 Å². The third-order valence-electron chi connectivity index (χ3n) is 5.75. The molecule has 1 fully saturated rings. The van der Waals surface area contributed by atoms with E-state index in [0.29, 0.717) is 43.4 Å². The van der Waals surface area contributed by atoms with Crippen molar-refractivity contribution >= 4 is 29.1 Å². The molecule has 0 saturated carbocycles. The molecule has 0 unspecified atom stereocenters. The van der Waals surface area contributed by atoms with Crippen LogP contribution in [0.15, 0.2) is 47.5 Å². The van der Waals surface area contributed by atoms with Gasteiger partial charge in [-0.1, -0.05) is 19.9 Å².